The first-order valence-corrected chi connectivity index (χ1v) is 4.19. The number of hydrogen-bond donors (Lipinski definition) is 2. The molecule has 0 saturated heterocycles. The normalized spacial score (nSPS) is 12.8. The third-order valence-corrected chi connectivity index (χ3v) is 1.93. The highest BCUT2D eigenvalue weighted by Crippen LogP contribution is 2.23. The lowest BCUT2D eigenvalue weighted by Gasteiger charge is -2.12. The number of hydrogen-bond acceptors (Lipinski definition) is 3. The van der Waals surface area contributed by atoms with Gasteiger partial charge in [0.1, 0.15) is 5.75 Å². The van der Waals surface area contributed by atoms with Gasteiger partial charge in [-0.3, -0.25) is 0 Å². The molecule has 0 aliphatic carbocycles. The van der Waals surface area contributed by atoms with E-state index in [0.717, 1.165) is 11.1 Å². The van der Waals surface area contributed by atoms with Gasteiger partial charge in [-0.2, -0.15) is 0 Å². The summed E-state index contributed by atoms with van der Waals surface area (Å²) in [4.78, 5) is 0. The average Bonchev–Trinajstić information content (AvgIpc) is 2.04. The molecule has 1 atom stereocenters. The summed E-state index contributed by atoms with van der Waals surface area (Å²) < 4.78 is 4.91. The molecule has 0 radical (unpaired) electrons. The van der Waals surface area contributed by atoms with E-state index in [-0.39, 0.29) is 11.8 Å². The molecule has 0 saturated carbocycles. The van der Waals surface area contributed by atoms with Crippen molar-refractivity contribution in [1.29, 1.82) is 0 Å². The van der Waals surface area contributed by atoms with Crippen LogP contribution in [-0.2, 0) is 4.74 Å². The van der Waals surface area contributed by atoms with Gasteiger partial charge in [0.15, 0.2) is 0 Å². The molecule has 0 fully saturated rings. The molecule has 0 heterocycles. The zero-order valence-corrected chi connectivity index (χ0v) is 7.95. The van der Waals surface area contributed by atoms with Gasteiger partial charge < -0.3 is 15.6 Å². The SMILES string of the molecule is COCC(N)c1ccc(C)cc1O. The highest BCUT2D eigenvalue weighted by molar-refractivity contribution is 5.37. The van der Waals surface area contributed by atoms with Crippen LogP contribution in [-0.4, -0.2) is 18.8 Å². The maximum Gasteiger partial charge on any atom is 0.120 e. The Bertz CT molecular complexity index is 286. The summed E-state index contributed by atoms with van der Waals surface area (Å²) >= 11 is 0. The van der Waals surface area contributed by atoms with Crippen molar-refractivity contribution in [2.24, 2.45) is 5.73 Å². The van der Waals surface area contributed by atoms with E-state index in [1.54, 1.807) is 13.2 Å². The van der Waals surface area contributed by atoms with Crippen molar-refractivity contribution < 1.29 is 9.84 Å². The Balaban J connectivity index is 2.88. The number of methoxy groups -OCH3 is 1. The molecule has 1 aromatic carbocycles. The second-order valence-electron chi connectivity index (χ2n) is 3.12. The quantitative estimate of drug-likeness (QED) is 0.740. The van der Waals surface area contributed by atoms with Crippen LogP contribution >= 0.6 is 0 Å². The van der Waals surface area contributed by atoms with E-state index in [4.69, 9.17) is 10.5 Å². The van der Waals surface area contributed by atoms with E-state index in [1.165, 1.54) is 0 Å². The Morgan fingerprint density at radius 1 is 1.54 bits per heavy atom. The van der Waals surface area contributed by atoms with Gasteiger partial charge in [-0.05, 0) is 18.6 Å². The van der Waals surface area contributed by atoms with Gasteiger partial charge in [0, 0.05) is 12.7 Å². The Morgan fingerprint density at radius 2 is 2.23 bits per heavy atom. The predicted octanol–water partition coefficient (Wildman–Crippen LogP) is 1.35. The van der Waals surface area contributed by atoms with Crippen molar-refractivity contribution in [2.45, 2.75) is 13.0 Å². The highest BCUT2D eigenvalue weighted by Gasteiger charge is 2.09. The minimum Gasteiger partial charge on any atom is -0.508 e. The summed E-state index contributed by atoms with van der Waals surface area (Å²) in [6.07, 6.45) is 0. The minimum atomic E-state index is -0.259. The van der Waals surface area contributed by atoms with E-state index in [1.807, 2.05) is 19.1 Å². The van der Waals surface area contributed by atoms with Gasteiger partial charge in [0.05, 0.1) is 12.6 Å². The van der Waals surface area contributed by atoms with E-state index in [2.05, 4.69) is 0 Å². The number of benzene rings is 1. The van der Waals surface area contributed by atoms with Crippen LogP contribution in [0.1, 0.15) is 17.2 Å². The Hall–Kier alpha value is -1.06. The van der Waals surface area contributed by atoms with E-state index >= 15 is 0 Å². The zero-order valence-electron chi connectivity index (χ0n) is 7.95. The third-order valence-electron chi connectivity index (χ3n) is 1.93. The van der Waals surface area contributed by atoms with Crippen molar-refractivity contribution in [3.8, 4) is 5.75 Å². The lowest BCUT2D eigenvalue weighted by molar-refractivity contribution is 0.180. The number of phenolic OH excluding ortho intramolecular Hbond substituents is 1. The lowest BCUT2D eigenvalue weighted by atomic mass is 10.1. The molecule has 1 rings (SSSR count). The predicted molar refractivity (Wildman–Crippen MR) is 51.6 cm³/mol. The molecule has 0 aliphatic rings. The van der Waals surface area contributed by atoms with Crippen molar-refractivity contribution >= 4 is 0 Å². The topological polar surface area (TPSA) is 55.5 Å². The number of aromatic hydroxyl groups is 1. The third kappa shape index (κ3) is 2.44. The number of nitrogens with two attached hydrogens (primary N) is 1. The first kappa shape index (κ1) is 10.0. The number of ether oxygens (including phenoxy) is 1. The number of rotatable bonds is 3. The van der Waals surface area contributed by atoms with Crippen LogP contribution in [0.3, 0.4) is 0 Å². The molecule has 1 aromatic rings. The Labute approximate surface area is 78.1 Å². The Kier molecular flexibility index (Phi) is 3.28. The fourth-order valence-electron chi connectivity index (χ4n) is 1.24. The Morgan fingerprint density at radius 3 is 2.77 bits per heavy atom. The first-order chi connectivity index (χ1) is 6.15. The molecule has 13 heavy (non-hydrogen) atoms. The summed E-state index contributed by atoms with van der Waals surface area (Å²) in [5, 5.41) is 9.55. The van der Waals surface area contributed by atoms with Crippen LogP contribution in [0.2, 0.25) is 0 Å². The van der Waals surface area contributed by atoms with Crippen molar-refractivity contribution in [3.63, 3.8) is 0 Å². The molecule has 3 N–H and O–H groups in total. The molecule has 0 aliphatic heterocycles. The van der Waals surface area contributed by atoms with Crippen LogP contribution in [0.25, 0.3) is 0 Å². The van der Waals surface area contributed by atoms with Crippen molar-refractivity contribution in [2.75, 3.05) is 13.7 Å². The first-order valence-electron chi connectivity index (χ1n) is 4.19. The maximum absolute atomic E-state index is 9.55. The monoisotopic (exact) mass is 181 g/mol. The standard InChI is InChI=1S/C10H15NO2/c1-7-3-4-8(10(12)5-7)9(11)6-13-2/h3-5,9,12H,6,11H2,1-2H3. The molecule has 0 spiro atoms. The van der Waals surface area contributed by atoms with E-state index in [0.29, 0.717) is 6.61 Å². The van der Waals surface area contributed by atoms with Crippen molar-refractivity contribution in [3.05, 3.63) is 29.3 Å². The number of aryl methyl sites for hydroxylation is 1. The molecule has 72 valence electrons. The largest absolute Gasteiger partial charge is 0.508 e. The molecule has 3 nitrogen and oxygen atoms in total. The fraction of sp³-hybridized carbons (Fsp3) is 0.400. The van der Waals surface area contributed by atoms with Gasteiger partial charge in [-0.1, -0.05) is 12.1 Å². The van der Waals surface area contributed by atoms with Crippen LogP contribution < -0.4 is 5.73 Å². The molecular weight excluding hydrogens is 166 g/mol. The minimum absolute atomic E-state index is 0.240. The van der Waals surface area contributed by atoms with Crippen LogP contribution in [0.15, 0.2) is 18.2 Å². The molecule has 0 amide bonds. The van der Waals surface area contributed by atoms with Crippen LogP contribution in [0.4, 0.5) is 0 Å². The van der Waals surface area contributed by atoms with Gasteiger partial charge in [0.25, 0.3) is 0 Å². The smallest absolute Gasteiger partial charge is 0.120 e. The summed E-state index contributed by atoms with van der Waals surface area (Å²) in [7, 11) is 1.59. The second kappa shape index (κ2) is 4.25. The van der Waals surface area contributed by atoms with Crippen molar-refractivity contribution in [1.82, 2.24) is 0 Å². The van der Waals surface area contributed by atoms with E-state index in [9.17, 15) is 5.11 Å². The van der Waals surface area contributed by atoms with Gasteiger partial charge in [-0.25, -0.2) is 0 Å². The van der Waals surface area contributed by atoms with Gasteiger partial charge >= 0.3 is 0 Å². The van der Waals surface area contributed by atoms with Crippen LogP contribution in [0.5, 0.6) is 5.75 Å². The second-order valence-corrected chi connectivity index (χ2v) is 3.12. The average molecular weight is 181 g/mol. The molecular formula is C10H15NO2. The molecule has 0 aromatic heterocycles. The molecule has 0 bridgehead atoms. The zero-order chi connectivity index (χ0) is 9.84. The number of phenols is 1. The lowest BCUT2D eigenvalue weighted by Crippen LogP contribution is -2.16. The maximum atomic E-state index is 9.55. The fourth-order valence-corrected chi connectivity index (χ4v) is 1.24. The van der Waals surface area contributed by atoms with Crippen LogP contribution in [0, 0.1) is 6.92 Å². The van der Waals surface area contributed by atoms with Gasteiger partial charge in [-0.15, -0.1) is 0 Å². The summed E-state index contributed by atoms with van der Waals surface area (Å²) in [6, 6.07) is 5.19. The summed E-state index contributed by atoms with van der Waals surface area (Å²) in [6.45, 7) is 2.34. The summed E-state index contributed by atoms with van der Waals surface area (Å²) in [5.74, 6) is 0.240. The summed E-state index contributed by atoms with van der Waals surface area (Å²) in [5.41, 5.74) is 7.52. The molecule has 1 unspecified atom stereocenters. The van der Waals surface area contributed by atoms with E-state index < -0.39 is 0 Å². The molecule has 3 heteroatoms. The van der Waals surface area contributed by atoms with Gasteiger partial charge in [0.2, 0.25) is 0 Å². The highest BCUT2D eigenvalue weighted by atomic mass is 16.5.